The van der Waals surface area contributed by atoms with Gasteiger partial charge in [0.15, 0.2) is 12.1 Å². The Morgan fingerprint density at radius 2 is 1.09 bits per heavy atom. The van der Waals surface area contributed by atoms with Crippen molar-refractivity contribution in [1.82, 2.24) is 35.1 Å². The van der Waals surface area contributed by atoms with Crippen LogP contribution in [0.15, 0.2) is 60.7 Å². The molecule has 3 aliphatic rings. The summed E-state index contributed by atoms with van der Waals surface area (Å²) in [5, 5.41) is 17.2. The van der Waals surface area contributed by atoms with E-state index in [4.69, 9.17) is 10.5 Å². The molecule has 454 valence electrons. The van der Waals surface area contributed by atoms with Gasteiger partial charge in [-0.1, -0.05) is 141 Å². The minimum atomic E-state index is -1.63. The zero-order valence-electron chi connectivity index (χ0n) is 50.7. The SMILES string of the molecule is CC(C)C[C@H](NC(=O)[C@H](C(C)C)N(C)C(=O)CC1CCCCC1)C(=O)N(C)[C@H](C(=O)O[C@H](C(=O)N(C)[C@H](C(=O)N[C@@H](Cc1ccccc1)C(=O)N(C)[C@@H](Cc1ccccc1)C(=O)N1CCC[C@H]1C(N)=O)C(C)C)C1CCCCC1)[C@@H](C)O. The normalized spacial score (nSPS) is 19.0. The van der Waals surface area contributed by atoms with Crippen LogP contribution < -0.4 is 16.4 Å². The molecule has 5 N–H and O–H groups in total. The lowest BCUT2D eigenvalue weighted by Crippen LogP contribution is -2.61. The predicted molar refractivity (Wildman–Crippen MR) is 313 cm³/mol. The molecule has 1 heterocycles. The number of aliphatic hydroxyl groups excluding tert-OH is 1. The number of likely N-dealkylation sites (N-methyl/N-ethyl adjacent to an activating group) is 4. The molecule has 0 radical (unpaired) electrons. The van der Waals surface area contributed by atoms with Crippen molar-refractivity contribution in [2.24, 2.45) is 35.3 Å². The highest BCUT2D eigenvalue weighted by atomic mass is 16.6. The van der Waals surface area contributed by atoms with E-state index >= 15 is 9.59 Å². The lowest BCUT2D eigenvalue weighted by molar-refractivity contribution is -0.174. The fourth-order valence-corrected chi connectivity index (χ4v) is 12.6. The van der Waals surface area contributed by atoms with E-state index in [-0.39, 0.29) is 49.5 Å². The summed E-state index contributed by atoms with van der Waals surface area (Å²) >= 11 is 0. The van der Waals surface area contributed by atoms with Gasteiger partial charge in [-0.2, -0.15) is 0 Å². The van der Waals surface area contributed by atoms with Gasteiger partial charge in [0, 0.05) is 59.9 Å². The molecule has 1 saturated heterocycles. The Morgan fingerprint density at radius 1 is 0.598 bits per heavy atom. The van der Waals surface area contributed by atoms with Crippen molar-refractivity contribution in [2.75, 3.05) is 34.7 Å². The number of primary amides is 1. The number of amides is 8. The quantitative estimate of drug-likeness (QED) is 0.0822. The maximum absolute atomic E-state index is 15.2. The van der Waals surface area contributed by atoms with Crippen LogP contribution in [0.25, 0.3) is 0 Å². The lowest BCUT2D eigenvalue weighted by atomic mass is 9.84. The van der Waals surface area contributed by atoms with E-state index in [0.29, 0.717) is 37.7 Å². The number of likely N-dealkylation sites (tertiary alicyclic amines) is 1. The first-order chi connectivity index (χ1) is 38.8. The van der Waals surface area contributed by atoms with Crippen LogP contribution in [-0.4, -0.2) is 172 Å². The number of carbonyl (C=O) groups excluding carboxylic acids is 9. The molecule has 3 fully saturated rings. The lowest BCUT2D eigenvalue weighted by Gasteiger charge is -2.38. The van der Waals surface area contributed by atoms with Crippen LogP contribution in [0.3, 0.4) is 0 Å². The third-order valence-corrected chi connectivity index (χ3v) is 17.0. The summed E-state index contributed by atoms with van der Waals surface area (Å²) < 4.78 is 6.23. The van der Waals surface area contributed by atoms with Crippen LogP contribution in [0, 0.1) is 29.6 Å². The van der Waals surface area contributed by atoms with E-state index in [2.05, 4.69) is 10.6 Å². The first-order valence-electron chi connectivity index (χ1n) is 30.1. The topological polar surface area (TPSA) is 249 Å². The largest absolute Gasteiger partial charge is 0.450 e. The van der Waals surface area contributed by atoms with E-state index in [1.165, 1.54) is 47.7 Å². The molecule has 0 unspecified atom stereocenters. The number of benzene rings is 2. The summed E-state index contributed by atoms with van der Waals surface area (Å²) in [5.41, 5.74) is 7.23. The summed E-state index contributed by atoms with van der Waals surface area (Å²) in [6.07, 6.45) is 7.27. The highest BCUT2D eigenvalue weighted by Crippen LogP contribution is 2.32. The molecule has 2 aromatic carbocycles. The van der Waals surface area contributed by atoms with Gasteiger partial charge in [-0.15, -0.1) is 0 Å². The third-order valence-electron chi connectivity index (χ3n) is 17.0. The van der Waals surface area contributed by atoms with Crippen LogP contribution in [0.1, 0.15) is 149 Å². The molecule has 2 aliphatic carbocycles. The molecule has 0 aromatic heterocycles. The fourth-order valence-electron chi connectivity index (χ4n) is 12.6. The van der Waals surface area contributed by atoms with Gasteiger partial charge in [-0.05, 0) is 86.7 Å². The van der Waals surface area contributed by atoms with E-state index in [9.17, 15) is 38.7 Å². The Balaban J connectivity index is 1.40. The summed E-state index contributed by atoms with van der Waals surface area (Å²) in [6, 6.07) is 10.2. The Bertz CT molecular complexity index is 2460. The van der Waals surface area contributed by atoms with Crippen molar-refractivity contribution < 1.29 is 53.0 Å². The summed E-state index contributed by atoms with van der Waals surface area (Å²) in [4.78, 5) is 136. The summed E-state index contributed by atoms with van der Waals surface area (Å²) in [6.45, 7) is 12.6. The molecule has 2 saturated carbocycles. The van der Waals surface area contributed by atoms with Crippen molar-refractivity contribution in [3.05, 3.63) is 71.8 Å². The number of hydrogen-bond acceptors (Lipinski definition) is 11. The molecule has 19 heteroatoms. The molecule has 5 rings (SSSR count). The van der Waals surface area contributed by atoms with Crippen LogP contribution in [0.2, 0.25) is 0 Å². The van der Waals surface area contributed by atoms with Gasteiger partial charge in [0.1, 0.15) is 36.3 Å². The molecular weight excluding hydrogens is 1040 g/mol. The zero-order chi connectivity index (χ0) is 60.5. The molecule has 0 bridgehead atoms. The Labute approximate surface area is 487 Å². The predicted octanol–water partition coefficient (Wildman–Crippen LogP) is 5.43. The number of nitrogens with zero attached hydrogens (tertiary/aromatic N) is 5. The fraction of sp³-hybridized carbons (Fsp3) is 0.667. The minimum absolute atomic E-state index is 0.0184. The van der Waals surface area contributed by atoms with Crippen LogP contribution in [-0.2, 0) is 60.7 Å². The van der Waals surface area contributed by atoms with E-state index < -0.39 is 114 Å². The second-order valence-electron chi connectivity index (χ2n) is 24.6. The van der Waals surface area contributed by atoms with Crippen LogP contribution in [0.4, 0.5) is 0 Å². The minimum Gasteiger partial charge on any atom is -0.450 e. The molecule has 82 heavy (non-hydrogen) atoms. The van der Waals surface area contributed by atoms with Crippen molar-refractivity contribution >= 4 is 53.2 Å². The second kappa shape index (κ2) is 31.3. The monoisotopic (exact) mass is 1140 g/mol. The van der Waals surface area contributed by atoms with E-state index in [1.807, 2.05) is 76.2 Å². The molecule has 2 aromatic rings. The van der Waals surface area contributed by atoms with Gasteiger partial charge in [-0.3, -0.25) is 38.4 Å². The Hall–Kier alpha value is -6.37. The van der Waals surface area contributed by atoms with E-state index in [0.717, 1.165) is 61.8 Å². The molecule has 0 spiro atoms. The summed E-state index contributed by atoms with van der Waals surface area (Å²) in [5.74, 6) is -6.62. The second-order valence-corrected chi connectivity index (χ2v) is 24.6. The highest BCUT2D eigenvalue weighted by molar-refractivity contribution is 5.97. The number of ether oxygens (including phenoxy) is 1. The average molecular weight is 1140 g/mol. The molecule has 8 amide bonds. The number of aliphatic hydroxyl groups is 1. The number of rotatable bonds is 27. The maximum atomic E-state index is 15.2. The summed E-state index contributed by atoms with van der Waals surface area (Å²) in [7, 11) is 5.91. The first-order valence-corrected chi connectivity index (χ1v) is 30.1. The van der Waals surface area contributed by atoms with Crippen LogP contribution >= 0.6 is 0 Å². The Morgan fingerprint density at radius 3 is 1.60 bits per heavy atom. The standard InChI is InChI=1S/C63H96N8O11/c1-39(2)35-47(65-57(75)52(40(3)4)68(9)51(73)38-45-29-20-14-21-30-45)60(78)70(11)54(42(7)72)63(81)82-55(46-31-22-15-23-32-46)62(80)69(10)53(41(5)6)58(76)66-48(36-43-25-16-12-17-26-43)59(77)67(8)50(37-44-27-18-13-19-28-44)61(79)71-34-24-33-49(71)56(64)74/h12-13,16-19,25-28,39-42,45-50,52-55,72H,14-15,20-24,29-38H2,1-11H3,(H2,64,74)(H,65,75)(H,66,76)/t42-,47+,48+,49+,50+,52+,53+,54+,55+/m1/s1. The smallest absolute Gasteiger partial charge is 0.332 e. The van der Waals surface area contributed by atoms with Crippen molar-refractivity contribution in [1.29, 1.82) is 0 Å². The first kappa shape index (κ1) is 66.4. The third kappa shape index (κ3) is 17.8. The van der Waals surface area contributed by atoms with Crippen molar-refractivity contribution in [3.63, 3.8) is 0 Å². The number of hydrogen-bond donors (Lipinski definition) is 4. The van der Waals surface area contributed by atoms with Gasteiger partial charge in [0.25, 0.3) is 5.91 Å². The van der Waals surface area contributed by atoms with Gasteiger partial charge < -0.3 is 50.7 Å². The number of nitrogens with one attached hydrogen (secondary N) is 2. The maximum Gasteiger partial charge on any atom is 0.332 e. The molecule has 9 atom stereocenters. The van der Waals surface area contributed by atoms with Gasteiger partial charge in [0.2, 0.25) is 41.4 Å². The van der Waals surface area contributed by atoms with Crippen LogP contribution in [0.5, 0.6) is 0 Å². The van der Waals surface area contributed by atoms with E-state index in [1.54, 1.807) is 33.0 Å². The molecule has 19 nitrogen and oxygen atoms in total. The van der Waals surface area contributed by atoms with Crippen molar-refractivity contribution in [3.8, 4) is 0 Å². The number of nitrogens with two attached hydrogens (primary N) is 1. The average Bonchev–Trinajstić information content (AvgIpc) is 4.05. The van der Waals surface area contributed by atoms with Gasteiger partial charge >= 0.3 is 5.97 Å². The number of esters is 1. The van der Waals surface area contributed by atoms with Crippen molar-refractivity contribution in [2.45, 2.75) is 206 Å². The number of carbonyl (C=O) groups is 9. The zero-order valence-corrected chi connectivity index (χ0v) is 50.7. The van der Waals surface area contributed by atoms with Gasteiger partial charge in [-0.25, -0.2) is 4.79 Å². The van der Waals surface area contributed by atoms with Gasteiger partial charge in [0.05, 0.1) is 6.10 Å². The molecule has 1 aliphatic heterocycles. The Kier molecular flexibility index (Phi) is 25.4. The highest BCUT2D eigenvalue weighted by Gasteiger charge is 2.46. The molecular formula is C63H96N8O11.